The smallest absolute Gasteiger partial charge is 1.00 e. The summed E-state index contributed by atoms with van der Waals surface area (Å²) in [5, 5.41) is 0. The molecule has 0 aliphatic heterocycles. The van der Waals surface area contributed by atoms with Gasteiger partial charge >= 0.3 is 21.7 Å². The molecule has 3 aromatic rings. The van der Waals surface area contributed by atoms with Crippen LogP contribution in [-0.4, -0.2) is 6.54 Å². The Bertz CT molecular complexity index is 878. The second-order valence-electron chi connectivity index (χ2n) is 6.65. The number of rotatable bonds is 4. The van der Waals surface area contributed by atoms with Gasteiger partial charge in [0.1, 0.15) is 0 Å². The van der Waals surface area contributed by atoms with Crippen molar-refractivity contribution in [2.24, 2.45) is 0 Å². The molecule has 1 aliphatic carbocycles. The Kier molecular flexibility index (Phi) is 13.3. The predicted molar refractivity (Wildman–Crippen MR) is 113 cm³/mol. The van der Waals surface area contributed by atoms with Gasteiger partial charge in [-0.15, -0.1) is 17.7 Å². The van der Waals surface area contributed by atoms with Crippen LogP contribution in [0.1, 0.15) is 43.4 Å². The standard InChI is InChI=1S/C21H17.C4H10N.2ClH.Ti/c1-2-15-8-3-5-10-17(15)19-12-7-13-20-18-11-6-4-9-16(18)14-21(19)20;1-2-3-4-5;;;/h2-13H,14H2,1H3;5H,2-4H2,1H3;2*1H;/q2*-1;;;+2/p-2. The molecule has 4 heteroatoms. The second-order valence-corrected chi connectivity index (χ2v) is 6.65. The first kappa shape index (κ1) is 27.8. The molecule has 1 N–H and O–H groups in total. The third-order valence-corrected chi connectivity index (χ3v) is 4.94. The van der Waals surface area contributed by atoms with E-state index in [-0.39, 0.29) is 46.5 Å². The maximum atomic E-state index is 6.60. The Labute approximate surface area is 203 Å². The summed E-state index contributed by atoms with van der Waals surface area (Å²) in [6.07, 6.45) is 5.44. The summed E-state index contributed by atoms with van der Waals surface area (Å²) in [4.78, 5) is 0. The van der Waals surface area contributed by atoms with Crippen molar-refractivity contribution in [1.82, 2.24) is 0 Å². The first-order valence-electron chi connectivity index (χ1n) is 9.53. The summed E-state index contributed by atoms with van der Waals surface area (Å²) >= 11 is 0. The monoisotopic (exact) mass is 459 g/mol. The zero-order chi connectivity index (χ0) is 18.4. The van der Waals surface area contributed by atoms with Crippen molar-refractivity contribution in [2.45, 2.75) is 33.1 Å². The third kappa shape index (κ3) is 6.38. The predicted octanol–water partition coefficient (Wildman–Crippen LogP) is 1.34. The minimum atomic E-state index is 0. The molecule has 0 atom stereocenters. The Morgan fingerprint density at radius 1 is 0.793 bits per heavy atom. The summed E-state index contributed by atoms with van der Waals surface area (Å²) in [6, 6.07) is 24.1. The summed E-state index contributed by atoms with van der Waals surface area (Å²) in [6.45, 7) is 4.79. The molecule has 29 heavy (non-hydrogen) atoms. The molecule has 0 unspecified atom stereocenters. The van der Waals surface area contributed by atoms with E-state index in [9.17, 15) is 0 Å². The van der Waals surface area contributed by atoms with E-state index in [1.54, 1.807) is 0 Å². The molecule has 0 amide bonds. The van der Waals surface area contributed by atoms with E-state index in [4.69, 9.17) is 5.73 Å². The van der Waals surface area contributed by atoms with Crippen LogP contribution in [0.4, 0.5) is 0 Å². The SMILES string of the molecule is CCCC[NH-].C[CH-]c1ccccc1-c1cccc2c1Cc1ccccc1-2.[Cl-].[Cl-].[Ti+2]. The fourth-order valence-corrected chi connectivity index (χ4v) is 3.58. The van der Waals surface area contributed by atoms with E-state index in [2.05, 4.69) is 87.0 Å². The Morgan fingerprint density at radius 3 is 1.93 bits per heavy atom. The molecule has 1 nitrogen and oxygen atoms in total. The molecule has 152 valence electrons. The molecule has 1 aliphatic rings. The number of nitrogens with one attached hydrogen (secondary N) is 1. The molecule has 0 aromatic heterocycles. The van der Waals surface area contributed by atoms with Crippen LogP contribution in [0.15, 0.2) is 66.7 Å². The number of hydrogen-bond acceptors (Lipinski definition) is 0. The molecule has 0 radical (unpaired) electrons. The summed E-state index contributed by atoms with van der Waals surface area (Å²) in [5.74, 6) is 0. The Hall–Kier alpha value is -1.22. The number of fused-ring (bicyclic) bond motifs is 3. The van der Waals surface area contributed by atoms with Crippen molar-refractivity contribution in [2.75, 3.05) is 6.54 Å². The van der Waals surface area contributed by atoms with Crippen LogP contribution in [0.3, 0.4) is 0 Å². The molecule has 0 spiro atoms. The van der Waals surface area contributed by atoms with Gasteiger partial charge in [-0.2, -0.15) is 24.6 Å². The summed E-state index contributed by atoms with van der Waals surface area (Å²) in [5.41, 5.74) is 16.3. The van der Waals surface area contributed by atoms with E-state index < -0.39 is 0 Å². The largest absolute Gasteiger partial charge is 2.00 e. The van der Waals surface area contributed by atoms with Crippen molar-refractivity contribution in [1.29, 1.82) is 0 Å². The summed E-state index contributed by atoms with van der Waals surface area (Å²) in [7, 11) is 0. The molecule has 3 aromatic carbocycles. The molecule has 4 rings (SSSR count). The maximum absolute atomic E-state index is 6.60. The van der Waals surface area contributed by atoms with Gasteiger partial charge in [-0.1, -0.05) is 80.8 Å². The molecule has 0 heterocycles. The number of benzene rings is 3. The van der Waals surface area contributed by atoms with Gasteiger partial charge in [0.25, 0.3) is 0 Å². The average molecular weight is 460 g/mol. The molecular weight excluding hydrogens is 433 g/mol. The van der Waals surface area contributed by atoms with Gasteiger partial charge in [-0.25, -0.2) is 0 Å². The summed E-state index contributed by atoms with van der Waals surface area (Å²) < 4.78 is 0. The Morgan fingerprint density at radius 2 is 1.34 bits per heavy atom. The van der Waals surface area contributed by atoms with Crippen molar-refractivity contribution in [3.05, 3.63) is 95.6 Å². The zero-order valence-corrected chi connectivity index (χ0v) is 20.1. The topological polar surface area (TPSA) is 23.8 Å². The zero-order valence-electron chi connectivity index (χ0n) is 17.0. The van der Waals surface area contributed by atoms with E-state index in [1.165, 1.54) is 38.9 Å². The van der Waals surface area contributed by atoms with Gasteiger partial charge < -0.3 is 30.5 Å². The third-order valence-electron chi connectivity index (χ3n) is 4.94. The van der Waals surface area contributed by atoms with Crippen molar-refractivity contribution >= 4 is 0 Å². The Balaban J connectivity index is 0.000000887. The fraction of sp³-hybridized carbons (Fsp3) is 0.240. The maximum Gasteiger partial charge on any atom is 2.00 e. The van der Waals surface area contributed by atoms with Crippen molar-refractivity contribution in [3.8, 4) is 22.3 Å². The van der Waals surface area contributed by atoms with Crippen LogP contribution in [0.2, 0.25) is 0 Å². The molecule has 0 saturated heterocycles. The van der Waals surface area contributed by atoms with Gasteiger partial charge in [-0.05, 0) is 28.7 Å². The van der Waals surface area contributed by atoms with Gasteiger partial charge in [0.15, 0.2) is 0 Å². The van der Waals surface area contributed by atoms with E-state index >= 15 is 0 Å². The molecule has 0 bridgehead atoms. The van der Waals surface area contributed by atoms with E-state index in [1.807, 2.05) is 0 Å². The van der Waals surface area contributed by atoms with E-state index in [0.29, 0.717) is 6.54 Å². The minimum absolute atomic E-state index is 0. The normalized spacial score (nSPS) is 10.0. The van der Waals surface area contributed by atoms with Gasteiger partial charge in [0, 0.05) is 0 Å². The van der Waals surface area contributed by atoms with Crippen molar-refractivity contribution in [3.63, 3.8) is 0 Å². The van der Waals surface area contributed by atoms with Crippen LogP contribution >= 0.6 is 0 Å². The second kappa shape index (κ2) is 13.9. The first-order valence-corrected chi connectivity index (χ1v) is 9.53. The minimum Gasteiger partial charge on any atom is -1.00 e. The van der Waals surface area contributed by atoms with Gasteiger partial charge in [0.2, 0.25) is 0 Å². The van der Waals surface area contributed by atoms with Crippen LogP contribution in [0.25, 0.3) is 28.0 Å². The molecular formula is C25H27Cl2NTi-2. The first-order chi connectivity index (χ1) is 12.8. The van der Waals surface area contributed by atoms with Crippen molar-refractivity contribution < 1.29 is 46.5 Å². The molecule has 0 saturated carbocycles. The quantitative estimate of drug-likeness (QED) is 0.325. The van der Waals surface area contributed by atoms with Gasteiger partial charge in [-0.3, -0.25) is 0 Å². The number of unbranched alkanes of at least 4 members (excludes halogenated alkanes) is 1. The number of halogens is 2. The molecule has 0 fully saturated rings. The van der Waals surface area contributed by atoms with Crippen LogP contribution < -0.4 is 24.8 Å². The number of hydrogen-bond donors (Lipinski definition) is 0. The average Bonchev–Trinajstić information content (AvgIpc) is 3.08. The van der Waals surface area contributed by atoms with Gasteiger partial charge in [0.05, 0.1) is 0 Å². The van der Waals surface area contributed by atoms with Crippen LogP contribution in [-0.2, 0) is 28.1 Å². The fourth-order valence-electron chi connectivity index (χ4n) is 3.58. The van der Waals surface area contributed by atoms with Crippen LogP contribution in [0.5, 0.6) is 0 Å². The van der Waals surface area contributed by atoms with Crippen LogP contribution in [0, 0.1) is 6.42 Å². The van der Waals surface area contributed by atoms with E-state index in [0.717, 1.165) is 19.3 Å².